The van der Waals surface area contributed by atoms with E-state index in [2.05, 4.69) is 63.6 Å². The van der Waals surface area contributed by atoms with Crippen LogP contribution in [0.5, 0.6) is 5.75 Å². The van der Waals surface area contributed by atoms with Gasteiger partial charge in [-0.1, -0.05) is 38.1 Å². The zero-order chi connectivity index (χ0) is 25.1. The topological polar surface area (TPSA) is 80.4 Å². The van der Waals surface area contributed by atoms with E-state index in [9.17, 15) is 4.79 Å². The number of fused-ring (bicyclic) bond motifs is 1. The van der Waals surface area contributed by atoms with Crippen molar-refractivity contribution in [3.63, 3.8) is 0 Å². The van der Waals surface area contributed by atoms with E-state index in [4.69, 9.17) is 19.2 Å². The van der Waals surface area contributed by atoms with E-state index in [0.717, 1.165) is 32.5 Å². The monoisotopic (exact) mass is 540 g/mol. The molecule has 4 rings (SSSR count). The van der Waals surface area contributed by atoms with Crippen LogP contribution < -0.4 is 4.74 Å². The number of nitrogens with zero attached hydrogens (tertiary/aromatic N) is 4. The van der Waals surface area contributed by atoms with E-state index in [-0.39, 0.29) is 5.82 Å². The molecule has 0 aliphatic heterocycles. The van der Waals surface area contributed by atoms with E-state index < -0.39 is 5.97 Å². The number of rotatable bonds is 9. The Morgan fingerprint density at radius 1 is 1.14 bits per heavy atom. The molecule has 9 heteroatoms. The molecule has 0 unspecified atom stereocenters. The molecule has 0 atom stereocenters. The van der Waals surface area contributed by atoms with Crippen LogP contribution >= 0.6 is 15.9 Å². The minimum atomic E-state index is -0.491. The molecular weight excluding hydrogens is 512 g/mol. The minimum Gasteiger partial charge on any atom is -0.494 e. The van der Waals surface area contributed by atoms with Crippen molar-refractivity contribution in [3.05, 3.63) is 64.1 Å². The van der Waals surface area contributed by atoms with Gasteiger partial charge in [0.05, 0.1) is 31.8 Å². The van der Waals surface area contributed by atoms with Gasteiger partial charge in [-0.15, -0.1) is 0 Å². The number of ether oxygens (including phenoxy) is 3. The van der Waals surface area contributed by atoms with Crippen LogP contribution in [0.4, 0.5) is 0 Å². The van der Waals surface area contributed by atoms with Gasteiger partial charge in [0.1, 0.15) is 22.6 Å². The van der Waals surface area contributed by atoms with Crippen LogP contribution in [0, 0.1) is 0 Å². The first-order valence-electron chi connectivity index (χ1n) is 11.3. The second kappa shape index (κ2) is 10.6. The van der Waals surface area contributed by atoms with Crippen LogP contribution in [-0.4, -0.2) is 53.0 Å². The van der Waals surface area contributed by atoms with Crippen LogP contribution in [0.25, 0.3) is 22.4 Å². The van der Waals surface area contributed by atoms with E-state index in [1.807, 2.05) is 6.07 Å². The summed E-state index contributed by atoms with van der Waals surface area (Å²) in [5.74, 6) is 1.71. The van der Waals surface area contributed by atoms with Crippen molar-refractivity contribution in [2.75, 3.05) is 27.9 Å². The zero-order valence-electron chi connectivity index (χ0n) is 20.5. The fourth-order valence-corrected chi connectivity index (χ4v) is 4.62. The highest BCUT2D eigenvalue weighted by Gasteiger charge is 2.22. The van der Waals surface area contributed by atoms with Crippen molar-refractivity contribution in [1.29, 1.82) is 0 Å². The van der Waals surface area contributed by atoms with Crippen LogP contribution in [0.15, 0.2) is 47.2 Å². The summed E-state index contributed by atoms with van der Waals surface area (Å²) in [6, 6.07) is 10.5. The van der Waals surface area contributed by atoms with Crippen molar-refractivity contribution in [1.82, 2.24) is 19.1 Å². The number of imidazole rings is 2. The van der Waals surface area contributed by atoms with Gasteiger partial charge in [-0.25, -0.2) is 14.8 Å². The summed E-state index contributed by atoms with van der Waals surface area (Å²) >= 11 is 3.78. The first-order valence-corrected chi connectivity index (χ1v) is 12.1. The average Bonchev–Trinajstić information content (AvgIpc) is 3.49. The maximum absolute atomic E-state index is 12.1. The van der Waals surface area contributed by atoms with Gasteiger partial charge in [-0.05, 0) is 39.0 Å². The Labute approximate surface area is 213 Å². The zero-order valence-corrected chi connectivity index (χ0v) is 22.1. The molecule has 2 aromatic heterocycles. The summed E-state index contributed by atoms with van der Waals surface area (Å²) in [5, 5.41) is 0. The highest BCUT2D eigenvalue weighted by atomic mass is 79.9. The van der Waals surface area contributed by atoms with E-state index in [0.29, 0.717) is 31.4 Å². The molecule has 0 aliphatic carbocycles. The molecule has 35 heavy (non-hydrogen) atoms. The van der Waals surface area contributed by atoms with Gasteiger partial charge < -0.3 is 23.3 Å². The Bertz CT molecular complexity index is 1340. The third kappa shape index (κ3) is 4.83. The maximum atomic E-state index is 12.1. The minimum absolute atomic E-state index is 0.231. The lowest BCUT2D eigenvalue weighted by Gasteiger charge is -2.14. The van der Waals surface area contributed by atoms with Crippen LogP contribution in [0.1, 0.15) is 41.5 Å². The van der Waals surface area contributed by atoms with Gasteiger partial charge in [0.15, 0.2) is 0 Å². The Hall–Kier alpha value is -3.17. The second-order valence-corrected chi connectivity index (χ2v) is 9.27. The first-order chi connectivity index (χ1) is 16.9. The molecule has 0 fully saturated rings. The number of aromatic nitrogens is 4. The van der Waals surface area contributed by atoms with Gasteiger partial charge >= 0.3 is 5.97 Å². The summed E-state index contributed by atoms with van der Waals surface area (Å²) < 4.78 is 20.8. The molecule has 0 saturated carbocycles. The van der Waals surface area contributed by atoms with Gasteiger partial charge in [0.2, 0.25) is 5.82 Å². The molecule has 2 heterocycles. The number of carbonyl (C=O) groups excluding carboxylic acids is 1. The van der Waals surface area contributed by atoms with Crippen LogP contribution in [0.2, 0.25) is 0 Å². The predicted molar refractivity (Wildman–Crippen MR) is 138 cm³/mol. The summed E-state index contributed by atoms with van der Waals surface area (Å²) in [5.41, 5.74) is 4.84. The third-order valence-corrected chi connectivity index (χ3v) is 6.88. The van der Waals surface area contributed by atoms with Gasteiger partial charge in [-0.2, -0.15) is 0 Å². The third-order valence-electron chi connectivity index (χ3n) is 5.99. The van der Waals surface area contributed by atoms with Gasteiger partial charge in [0.25, 0.3) is 0 Å². The Balaban J connectivity index is 1.87. The predicted octanol–water partition coefficient (Wildman–Crippen LogP) is 5.28. The van der Waals surface area contributed by atoms with Crippen LogP contribution in [-0.2, 0) is 22.6 Å². The number of hydrogen-bond donors (Lipinski definition) is 0. The Morgan fingerprint density at radius 3 is 2.51 bits per heavy atom. The molecule has 0 saturated heterocycles. The summed E-state index contributed by atoms with van der Waals surface area (Å²) in [6.07, 6.45) is 3.32. The molecule has 0 bridgehead atoms. The van der Waals surface area contributed by atoms with E-state index in [1.165, 1.54) is 12.7 Å². The number of benzene rings is 2. The van der Waals surface area contributed by atoms with Crippen molar-refractivity contribution in [2.24, 2.45) is 0 Å². The molecule has 4 aromatic rings. The molecule has 2 aromatic carbocycles. The molecule has 0 aliphatic rings. The molecule has 0 N–H and O–H groups in total. The molecule has 184 valence electrons. The second-order valence-electron chi connectivity index (χ2n) is 8.48. The standard InChI is InChI=1S/C26H29BrN4O4/c1-16(2)17-6-8-18(9-7-17)24-29-22-21(27)19(15-30-11-10-28-25(30)26(32)35-5)14-20(34-4)23(22)31(24)12-13-33-3/h6-11,14,16H,12-13,15H2,1-5H3. The highest BCUT2D eigenvalue weighted by Crippen LogP contribution is 2.38. The van der Waals surface area contributed by atoms with Crippen molar-refractivity contribution in [2.45, 2.75) is 32.9 Å². The van der Waals surface area contributed by atoms with Crippen molar-refractivity contribution < 1.29 is 19.0 Å². The first kappa shape index (κ1) is 24.9. The lowest BCUT2D eigenvalue weighted by atomic mass is 10.0. The SMILES string of the molecule is COCCn1c(-c2ccc(C(C)C)cc2)nc2c(Br)c(Cn3ccnc3C(=O)OC)cc(OC)c21. The summed E-state index contributed by atoms with van der Waals surface area (Å²) in [4.78, 5) is 21.3. The lowest BCUT2D eigenvalue weighted by Crippen LogP contribution is -2.12. The average molecular weight is 541 g/mol. The number of methoxy groups -OCH3 is 3. The highest BCUT2D eigenvalue weighted by molar-refractivity contribution is 9.10. The maximum Gasteiger partial charge on any atom is 0.374 e. The van der Waals surface area contributed by atoms with Crippen LogP contribution in [0.3, 0.4) is 0 Å². The summed E-state index contributed by atoms with van der Waals surface area (Å²) in [7, 11) is 4.67. The molecular formula is C26H29BrN4O4. The van der Waals surface area contributed by atoms with Gasteiger partial charge in [-0.3, -0.25) is 0 Å². The smallest absolute Gasteiger partial charge is 0.374 e. The Morgan fingerprint density at radius 2 is 1.89 bits per heavy atom. The number of esters is 1. The molecule has 0 spiro atoms. The molecule has 8 nitrogen and oxygen atoms in total. The fraction of sp³-hybridized carbons (Fsp3) is 0.346. The number of carbonyl (C=O) groups is 1. The van der Waals surface area contributed by atoms with E-state index in [1.54, 1.807) is 31.2 Å². The Kier molecular flexibility index (Phi) is 7.57. The molecule has 0 amide bonds. The number of halogens is 1. The van der Waals surface area contributed by atoms with Crippen molar-refractivity contribution >= 4 is 32.9 Å². The lowest BCUT2D eigenvalue weighted by molar-refractivity contribution is 0.0582. The van der Waals surface area contributed by atoms with E-state index >= 15 is 0 Å². The quantitative estimate of drug-likeness (QED) is 0.269. The summed E-state index contributed by atoms with van der Waals surface area (Å²) in [6.45, 7) is 5.89. The number of hydrogen-bond acceptors (Lipinski definition) is 6. The fourth-order valence-electron chi connectivity index (χ4n) is 4.11. The molecule has 0 radical (unpaired) electrons. The normalized spacial score (nSPS) is 11.4. The van der Waals surface area contributed by atoms with Crippen molar-refractivity contribution in [3.8, 4) is 17.1 Å². The largest absolute Gasteiger partial charge is 0.494 e. The van der Waals surface area contributed by atoms with Gasteiger partial charge in [0, 0.05) is 31.6 Å².